The monoisotopic (exact) mass is 611 g/mol. The summed E-state index contributed by atoms with van der Waals surface area (Å²) < 4.78 is 5.52. The van der Waals surface area contributed by atoms with Crippen LogP contribution in [0.2, 0.25) is 0 Å². The molecule has 0 heterocycles. The van der Waals surface area contributed by atoms with Crippen LogP contribution >= 0.6 is 11.8 Å². The van der Waals surface area contributed by atoms with Gasteiger partial charge in [0.25, 0.3) is 0 Å². The average Bonchev–Trinajstić information content (AvgIpc) is 2.96. The summed E-state index contributed by atoms with van der Waals surface area (Å²) in [5.74, 6) is 0.165. The minimum Gasteiger partial charge on any atom is -0.444 e. The number of carbonyl (C=O) groups is 3. The standard InChI is InChI=1S/C35H53N3O4S/c1-8-9-10-11-12-16-23-38(33(40)30(22-24-43-7)37-34(41)42-35(4,5)6)31(29-21-17-18-26(2)27(29)3)32(39)36-25-28-19-14-13-15-20-28/h13-15,17-21,30-31H,8-12,16,22-25H2,1-7H3,(H,36,39)(H,37,41). The topological polar surface area (TPSA) is 87.7 Å². The highest BCUT2D eigenvalue weighted by atomic mass is 32.2. The Labute approximate surface area is 263 Å². The van der Waals surface area contributed by atoms with Gasteiger partial charge in [0.15, 0.2) is 0 Å². The van der Waals surface area contributed by atoms with Crippen molar-refractivity contribution in [3.8, 4) is 0 Å². The van der Waals surface area contributed by atoms with Crippen LogP contribution in [-0.4, -0.2) is 53.0 Å². The van der Waals surface area contributed by atoms with E-state index < -0.39 is 23.8 Å². The molecule has 2 aromatic rings. The number of ether oxygens (including phenoxy) is 1. The fraction of sp³-hybridized carbons (Fsp3) is 0.571. The Morgan fingerprint density at radius 1 is 0.930 bits per heavy atom. The van der Waals surface area contributed by atoms with Crippen molar-refractivity contribution in [2.24, 2.45) is 0 Å². The summed E-state index contributed by atoms with van der Waals surface area (Å²) in [7, 11) is 0. The molecule has 2 N–H and O–H groups in total. The first-order valence-corrected chi connectivity index (χ1v) is 17.0. The van der Waals surface area contributed by atoms with Crippen LogP contribution in [0.5, 0.6) is 0 Å². The van der Waals surface area contributed by atoms with E-state index in [9.17, 15) is 14.4 Å². The first kappa shape index (κ1) is 36.2. The second-order valence-corrected chi connectivity index (χ2v) is 13.2. The zero-order valence-corrected chi connectivity index (χ0v) is 28.1. The summed E-state index contributed by atoms with van der Waals surface area (Å²) in [5, 5.41) is 5.94. The summed E-state index contributed by atoms with van der Waals surface area (Å²) >= 11 is 1.61. The largest absolute Gasteiger partial charge is 0.444 e. The third-order valence-electron chi connectivity index (χ3n) is 7.45. The van der Waals surface area contributed by atoms with Crippen LogP contribution in [0.25, 0.3) is 0 Å². The van der Waals surface area contributed by atoms with Gasteiger partial charge in [-0.25, -0.2) is 4.79 Å². The number of rotatable bonds is 17. The quantitative estimate of drug-likeness (QED) is 0.181. The van der Waals surface area contributed by atoms with Crippen molar-refractivity contribution < 1.29 is 19.1 Å². The third-order valence-corrected chi connectivity index (χ3v) is 8.09. The number of carbonyl (C=O) groups excluding carboxylic acids is 3. The van der Waals surface area contributed by atoms with Crippen LogP contribution in [0, 0.1) is 13.8 Å². The van der Waals surface area contributed by atoms with E-state index in [0.717, 1.165) is 54.4 Å². The predicted octanol–water partition coefficient (Wildman–Crippen LogP) is 7.50. The Kier molecular flexibility index (Phi) is 15.7. The Hall–Kier alpha value is -3.00. The number of thioether (sulfide) groups is 1. The van der Waals surface area contributed by atoms with Gasteiger partial charge in [-0.15, -0.1) is 0 Å². The molecule has 3 amide bonds. The van der Waals surface area contributed by atoms with E-state index in [-0.39, 0.29) is 11.8 Å². The fourth-order valence-electron chi connectivity index (χ4n) is 4.97. The molecule has 2 atom stereocenters. The highest BCUT2D eigenvalue weighted by Gasteiger charge is 2.36. The highest BCUT2D eigenvalue weighted by molar-refractivity contribution is 7.98. The van der Waals surface area contributed by atoms with E-state index >= 15 is 0 Å². The zero-order valence-electron chi connectivity index (χ0n) is 27.3. The third kappa shape index (κ3) is 12.6. The van der Waals surface area contributed by atoms with Crippen LogP contribution in [0.3, 0.4) is 0 Å². The molecule has 0 fully saturated rings. The molecule has 0 radical (unpaired) electrons. The number of aryl methyl sites for hydroxylation is 1. The second-order valence-electron chi connectivity index (χ2n) is 12.2. The molecule has 0 saturated heterocycles. The van der Waals surface area contributed by atoms with Crippen molar-refractivity contribution in [1.29, 1.82) is 0 Å². The Morgan fingerprint density at radius 3 is 2.26 bits per heavy atom. The molecule has 0 saturated carbocycles. The predicted molar refractivity (Wildman–Crippen MR) is 178 cm³/mol. The summed E-state index contributed by atoms with van der Waals surface area (Å²) in [6.07, 6.45) is 8.07. The first-order chi connectivity index (χ1) is 20.5. The van der Waals surface area contributed by atoms with Crippen molar-refractivity contribution in [2.45, 2.75) is 111 Å². The van der Waals surface area contributed by atoms with Gasteiger partial charge in [0.2, 0.25) is 11.8 Å². The number of amides is 3. The normalized spacial score (nSPS) is 12.7. The molecule has 2 rings (SSSR count). The molecule has 0 aliphatic heterocycles. The second kappa shape index (κ2) is 18.6. The lowest BCUT2D eigenvalue weighted by atomic mass is 9.94. The lowest BCUT2D eigenvalue weighted by Gasteiger charge is -2.35. The van der Waals surface area contributed by atoms with Crippen molar-refractivity contribution >= 4 is 29.7 Å². The van der Waals surface area contributed by atoms with E-state index in [4.69, 9.17) is 4.74 Å². The van der Waals surface area contributed by atoms with Gasteiger partial charge < -0.3 is 20.3 Å². The maximum Gasteiger partial charge on any atom is 0.408 e. The molecule has 0 spiro atoms. The molecule has 0 aliphatic rings. The minimum absolute atomic E-state index is 0.238. The minimum atomic E-state index is -0.844. The SMILES string of the molecule is CCCCCCCCN(C(=O)C(CCSC)NC(=O)OC(C)(C)C)C(C(=O)NCc1ccccc1)c1cccc(C)c1C. The van der Waals surface area contributed by atoms with E-state index in [1.54, 1.807) is 37.4 Å². The first-order valence-electron chi connectivity index (χ1n) is 15.6. The lowest BCUT2D eigenvalue weighted by molar-refractivity contribution is -0.142. The lowest BCUT2D eigenvalue weighted by Crippen LogP contribution is -2.53. The molecular formula is C35H53N3O4S. The summed E-state index contributed by atoms with van der Waals surface area (Å²) in [5.41, 5.74) is 3.10. The highest BCUT2D eigenvalue weighted by Crippen LogP contribution is 2.28. The Morgan fingerprint density at radius 2 is 1.60 bits per heavy atom. The average molecular weight is 612 g/mol. The summed E-state index contributed by atoms with van der Waals surface area (Å²) in [6, 6.07) is 14.0. The van der Waals surface area contributed by atoms with Crippen molar-refractivity contribution in [3.63, 3.8) is 0 Å². The van der Waals surface area contributed by atoms with Gasteiger partial charge in [-0.3, -0.25) is 9.59 Å². The van der Waals surface area contributed by atoms with Gasteiger partial charge in [0.1, 0.15) is 17.7 Å². The van der Waals surface area contributed by atoms with Gasteiger partial charge in [-0.05, 0) is 81.7 Å². The van der Waals surface area contributed by atoms with Crippen molar-refractivity contribution in [3.05, 3.63) is 70.8 Å². The van der Waals surface area contributed by atoms with Crippen molar-refractivity contribution in [1.82, 2.24) is 15.5 Å². The maximum atomic E-state index is 14.5. The Balaban J connectivity index is 2.49. The molecule has 7 nitrogen and oxygen atoms in total. The number of nitrogens with one attached hydrogen (secondary N) is 2. The van der Waals surface area contributed by atoms with Crippen LogP contribution in [0.4, 0.5) is 4.79 Å². The van der Waals surface area contributed by atoms with E-state index in [1.807, 2.05) is 68.6 Å². The van der Waals surface area contributed by atoms with Gasteiger partial charge in [0, 0.05) is 13.1 Å². The van der Waals surface area contributed by atoms with Gasteiger partial charge in [-0.2, -0.15) is 11.8 Å². The van der Waals surface area contributed by atoms with Crippen LogP contribution in [0.15, 0.2) is 48.5 Å². The number of hydrogen-bond donors (Lipinski definition) is 2. The molecule has 2 unspecified atom stereocenters. The molecule has 8 heteroatoms. The smallest absolute Gasteiger partial charge is 0.408 e. The molecule has 0 bridgehead atoms. The van der Waals surface area contributed by atoms with Gasteiger partial charge in [-0.1, -0.05) is 87.6 Å². The number of benzene rings is 2. The van der Waals surface area contributed by atoms with E-state index in [2.05, 4.69) is 17.6 Å². The van der Waals surface area contributed by atoms with E-state index in [0.29, 0.717) is 25.3 Å². The zero-order chi connectivity index (χ0) is 31.8. The molecule has 2 aromatic carbocycles. The van der Waals surface area contributed by atoms with Gasteiger partial charge >= 0.3 is 6.09 Å². The van der Waals surface area contributed by atoms with Crippen molar-refractivity contribution in [2.75, 3.05) is 18.6 Å². The fourth-order valence-corrected chi connectivity index (χ4v) is 5.45. The Bertz CT molecular complexity index is 1150. The number of hydrogen-bond acceptors (Lipinski definition) is 5. The number of alkyl carbamates (subject to hydrolysis) is 1. The van der Waals surface area contributed by atoms with Crippen LogP contribution < -0.4 is 10.6 Å². The number of unbranched alkanes of at least 4 members (excludes halogenated alkanes) is 5. The summed E-state index contributed by atoms with van der Waals surface area (Å²) in [6.45, 7) is 12.4. The van der Waals surface area contributed by atoms with Crippen LogP contribution in [-0.2, 0) is 20.9 Å². The number of nitrogens with zero attached hydrogens (tertiary/aromatic N) is 1. The van der Waals surface area contributed by atoms with Crippen LogP contribution in [0.1, 0.15) is 101 Å². The molecular weight excluding hydrogens is 558 g/mol. The molecule has 0 aliphatic carbocycles. The maximum absolute atomic E-state index is 14.5. The molecule has 0 aromatic heterocycles. The van der Waals surface area contributed by atoms with E-state index in [1.165, 1.54) is 6.42 Å². The molecule has 43 heavy (non-hydrogen) atoms. The molecule has 238 valence electrons. The summed E-state index contributed by atoms with van der Waals surface area (Å²) in [4.78, 5) is 43.2. The van der Waals surface area contributed by atoms with Gasteiger partial charge in [0.05, 0.1) is 0 Å².